The van der Waals surface area contributed by atoms with Gasteiger partial charge in [0, 0.05) is 12.7 Å². The minimum absolute atomic E-state index is 0.164. The van der Waals surface area contributed by atoms with Crippen molar-refractivity contribution in [3.63, 3.8) is 0 Å². The summed E-state index contributed by atoms with van der Waals surface area (Å²) in [6, 6.07) is 2.03. The Labute approximate surface area is 66.9 Å². The van der Waals surface area contributed by atoms with Crippen LogP contribution in [0.25, 0.3) is 0 Å². The molecule has 0 aromatic carbocycles. The highest BCUT2D eigenvalue weighted by Crippen LogP contribution is 2.49. The molecule has 3 nitrogen and oxygen atoms in total. The zero-order valence-electron chi connectivity index (χ0n) is 6.50. The molecule has 1 fully saturated rings. The van der Waals surface area contributed by atoms with Gasteiger partial charge in [-0.15, -0.1) is 0 Å². The summed E-state index contributed by atoms with van der Waals surface area (Å²) in [6.45, 7) is 0. The third-order valence-corrected chi connectivity index (χ3v) is 3.12. The molecule has 1 rings (SSSR count). The Hall–Kier alpha value is -0.560. The molecule has 1 aliphatic carbocycles. The summed E-state index contributed by atoms with van der Waals surface area (Å²) in [5.41, 5.74) is -0.164. The van der Waals surface area contributed by atoms with Crippen LogP contribution in [-0.2, 0) is 9.84 Å². The average Bonchev–Trinajstić information content (AvgIpc) is 2.44. The third kappa shape index (κ3) is 2.51. The van der Waals surface area contributed by atoms with Gasteiger partial charge in [0.25, 0.3) is 0 Å². The number of hydrogen-bond acceptors (Lipinski definition) is 3. The first-order chi connectivity index (χ1) is 4.97. The molecule has 0 aromatic rings. The monoisotopic (exact) mass is 173 g/mol. The number of sulfone groups is 1. The van der Waals surface area contributed by atoms with Gasteiger partial charge < -0.3 is 0 Å². The molecule has 0 spiro atoms. The van der Waals surface area contributed by atoms with E-state index in [-0.39, 0.29) is 11.2 Å². The van der Waals surface area contributed by atoms with Gasteiger partial charge in [0.1, 0.15) is 9.84 Å². The molecule has 0 saturated heterocycles. The quantitative estimate of drug-likeness (QED) is 0.632. The minimum atomic E-state index is -2.89. The number of rotatable bonds is 3. The third-order valence-electron chi connectivity index (χ3n) is 1.98. The van der Waals surface area contributed by atoms with Crippen molar-refractivity contribution in [1.82, 2.24) is 0 Å². The smallest absolute Gasteiger partial charge is 0.148 e. The van der Waals surface area contributed by atoms with Crippen LogP contribution in [-0.4, -0.2) is 20.4 Å². The van der Waals surface area contributed by atoms with Gasteiger partial charge in [0.05, 0.1) is 11.8 Å². The van der Waals surface area contributed by atoms with E-state index in [4.69, 9.17) is 5.26 Å². The summed E-state index contributed by atoms with van der Waals surface area (Å²) < 4.78 is 21.7. The molecule has 0 amide bonds. The van der Waals surface area contributed by atoms with Crippen molar-refractivity contribution in [3.8, 4) is 6.07 Å². The van der Waals surface area contributed by atoms with E-state index >= 15 is 0 Å². The fraction of sp³-hybridized carbons (Fsp3) is 0.857. The van der Waals surface area contributed by atoms with Crippen LogP contribution >= 0.6 is 0 Å². The Morgan fingerprint density at radius 1 is 1.55 bits per heavy atom. The van der Waals surface area contributed by atoms with Crippen LogP contribution in [0.15, 0.2) is 0 Å². The Morgan fingerprint density at radius 2 is 2.09 bits per heavy atom. The van der Waals surface area contributed by atoms with Crippen LogP contribution in [0.3, 0.4) is 0 Å². The number of nitriles is 1. The first-order valence-electron chi connectivity index (χ1n) is 3.52. The molecule has 0 aliphatic heterocycles. The highest BCUT2D eigenvalue weighted by atomic mass is 32.2. The van der Waals surface area contributed by atoms with Crippen molar-refractivity contribution in [3.05, 3.63) is 0 Å². The van der Waals surface area contributed by atoms with Crippen LogP contribution in [0.1, 0.15) is 19.3 Å². The van der Waals surface area contributed by atoms with Gasteiger partial charge in [-0.3, -0.25) is 0 Å². The van der Waals surface area contributed by atoms with Crippen molar-refractivity contribution in [2.24, 2.45) is 5.41 Å². The molecule has 0 heterocycles. The standard InChI is InChI=1S/C7H11NO2S/c1-11(9,10)6-7(2-3-7)4-5-8/h2-4,6H2,1H3. The summed E-state index contributed by atoms with van der Waals surface area (Å²) in [5.74, 6) is 0.188. The topological polar surface area (TPSA) is 57.9 Å². The Balaban J connectivity index is 2.57. The molecule has 11 heavy (non-hydrogen) atoms. The number of nitrogens with zero attached hydrogens (tertiary/aromatic N) is 1. The second-order valence-electron chi connectivity index (χ2n) is 3.40. The lowest BCUT2D eigenvalue weighted by atomic mass is 10.1. The van der Waals surface area contributed by atoms with Crippen molar-refractivity contribution < 1.29 is 8.42 Å². The lowest BCUT2D eigenvalue weighted by Crippen LogP contribution is -2.15. The summed E-state index contributed by atoms with van der Waals surface area (Å²) in [6.07, 6.45) is 3.41. The van der Waals surface area contributed by atoms with Crippen molar-refractivity contribution >= 4 is 9.84 Å². The molecule has 62 valence electrons. The Bertz CT molecular complexity index is 282. The van der Waals surface area contributed by atoms with E-state index in [1.54, 1.807) is 0 Å². The Morgan fingerprint density at radius 3 is 2.36 bits per heavy atom. The van der Waals surface area contributed by atoms with Gasteiger partial charge in [-0.1, -0.05) is 0 Å². The van der Waals surface area contributed by atoms with Gasteiger partial charge in [-0.05, 0) is 18.3 Å². The molecule has 0 bridgehead atoms. The molecular weight excluding hydrogens is 162 g/mol. The average molecular weight is 173 g/mol. The molecule has 0 unspecified atom stereocenters. The van der Waals surface area contributed by atoms with E-state index in [1.165, 1.54) is 6.26 Å². The van der Waals surface area contributed by atoms with Gasteiger partial charge >= 0.3 is 0 Å². The first kappa shape index (κ1) is 8.54. The molecule has 0 N–H and O–H groups in total. The maximum absolute atomic E-state index is 10.9. The van der Waals surface area contributed by atoms with Crippen LogP contribution in [0.5, 0.6) is 0 Å². The second-order valence-corrected chi connectivity index (χ2v) is 5.55. The van der Waals surface area contributed by atoms with Crippen LogP contribution in [0, 0.1) is 16.7 Å². The van der Waals surface area contributed by atoms with E-state index in [0.717, 1.165) is 12.8 Å². The fourth-order valence-corrected chi connectivity index (χ4v) is 2.78. The second kappa shape index (κ2) is 2.49. The fourth-order valence-electron chi connectivity index (χ4n) is 1.27. The van der Waals surface area contributed by atoms with Crippen molar-refractivity contribution in [1.29, 1.82) is 5.26 Å². The summed E-state index contributed by atoms with van der Waals surface area (Å²) in [5, 5.41) is 8.39. The summed E-state index contributed by atoms with van der Waals surface area (Å²) in [7, 11) is -2.89. The largest absolute Gasteiger partial charge is 0.229 e. The summed E-state index contributed by atoms with van der Waals surface area (Å²) >= 11 is 0. The van der Waals surface area contributed by atoms with Crippen molar-refractivity contribution in [2.45, 2.75) is 19.3 Å². The molecule has 0 radical (unpaired) electrons. The predicted octanol–water partition coefficient (Wildman–Crippen LogP) is 0.725. The SMILES string of the molecule is CS(=O)(=O)CC1(CC#N)CC1. The van der Waals surface area contributed by atoms with E-state index in [2.05, 4.69) is 0 Å². The van der Waals surface area contributed by atoms with Crippen LogP contribution < -0.4 is 0 Å². The molecule has 4 heteroatoms. The van der Waals surface area contributed by atoms with E-state index < -0.39 is 9.84 Å². The molecule has 1 saturated carbocycles. The normalized spacial score (nSPS) is 20.7. The zero-order chi connectivity index (χ0) is 8.54. The van der Waals surface area contributed by atoms with E-state index in [0.29, 0.717) is 6.42 Å². The molecule has 1 aliphatic rings. The number of hydrogen-bond donors (Lipinski definition) is 0. The molecule has 0 aromatic heterocycles. The first-order valence-corrected chi connectivity index (χ1v) is 5.58. The van der Waals surface area contributed by atoms with E-state index in [9.17, 15) is 8.42 Å². The van der Waals surface area contributed by atoms with Gasteiger partial charge in [0.15, 0.2) is 0 Å². The maximum Gasteiger partial charge on any atom is 0.148 e. The summed E-state index contributed by atoms with van der Waals surface area (Å²) in [4.78, 5) is 0. The van der Waals surface area contributed by atoms with Gasteiger partial charge in [-0.2, -0.15) is 5.26 Å². The predicted molar refractivity (Wildman–Crippen MR) is 41.6 cm³/mol. The van der Waals surface area contributed by atoms with Crippen molar-refractivity contribution in [2.75, 3.05) is 12.0 Å². The highest BCUT2D eigenvalue weighted by Gasteiger charge is 2.44. The lowest BCUT2D eigenvalue weighted by molar-refractivity contribution is 0.552. The Kier molecular flexibility index (Phi) is 1.93. The zero-order valence-corrected chi connectivity index (χ0v) is 7.32. The maximum atomic E-state index is 10.9. The van der Waals surface area contributed by atoms with E-state index in [1.807, 2.05) is 6.07 Å². The van der Waals surface area contributed by atoms with Crippen LogP contribution in [0.2, 0.25) is 0 Å². The van der Waals surface area contributed by atoms with Gasteiger partial charge in [-0.25, -0.2) is 8.42 Å². The van der Waals surface area contributed by atoms with Gasteiger partial charge in [0.2, 0.25) is 0 Å². The molecule has 0 atom stereocenters. The van der Waals surface area contributed by atoms with Crippen LogP contribution in [0.4, 0.5) is 0 Å². The molecular formula is C7H11NO2S. The highest BCUT2D eigenvalue weighted by molar-refractivity contribution is 7.90. The lowest BCUT2D eigenvalue weighted by Gasteiger charge is -2.07. The minimum Gasteiger partial charge on any atom is -0.229 e.